The molecule has 0 aromatic carbocycles. The van der Waals surface area contributed by atoms with Crippen molar-refractivity contribution in [3.8, 4) is 0 Å². The Kier molecular flexibility index (Phi) is 4.23. The summed E-state index contributed by atoms with van der Waals surface area (Å²) in [4.78, 5) is 11.0. The summed E-state index contributed by atoms with van der Waals surface area (Å²) < 4.78 is 0. The Balaban J connectivity index is 3.82. The monoisotopic (exact) mass is 145 g/mol. The van der Waals surface area contributed by atoms with E-state index in [4.69, 9.17) is 10.8 Å². The van der Waals surface area contributed by atoms with Gasteiger partial charge < -0.3 is 10.8 Å². The fourth-order valence-electron chi connectivity index (χ4n) is 0.657. The van der Waals surface area contributed by atoms with Crippen LogP contribution in [0.3, 0.4) is 0 Å². The van der Waals surface area contributed by atoms with Crippen LogP contribution in [0, 0.1) is 5.92 Å². The summed E-state index contributed by atoms with van der Waals surface area (Å²) >= 11 is 0. The zero-order valence-electron chi connectivity index (χ0n) is 6.50. The van der Waals surface area contributed by atoms with Crippen molar-refractivity contribution < 1.29 is 9.90 Å². The molecule has 0 rings (SSSR count). The van der Waals surface area contributed by atoms with Crippen molar-refractivity contribution in [2.75, 3.05) is 6.61 Å². The van der Waals surface area contributed by atoms with Gasteiger partial charge in [-0.15, -0.1) is 0 Å². The Hall–Kier alpha value is -0.410. The molecule has 0 saturated heterocycles. The number of hydrogen-bond donors (Lipinski definition) is 2. The lowest BCUT2D eigenvalue weighted by Gasteiger charge is -2.11. The topological polar surface area (TPSA) is 63.3 Å². The number of carbonyl (C=O) groups is 1. The van der Waals surface area contributed by atoms with Crippen molar-refractivity contribution in [2.45, 2.75) is 26.3 Å². The van der Waals surface area contributed by atoms with Crippen molar-refractivity contribution in [2.24, 2.45) is 11.7 Å². The van der Waals surface area contributed by atoms with Crippen LogP contribution >= 0.6 is 0 Å². The van der Waals surface area contributed by atoms with Gasteiger partial charge in [0.2, 0.25) is 0 Å². The van der Waals surface area contributed by atoms with Gasteiger partial charge in [-0.2, -0.15) is 0 Å². The van der Waals surface area contributed by atoms with E-state index in [0.29, 0.717) is 0 Å². The average molecular weight is 145 g/mol. The zero-order valence-corrected chi connectivity index (χ0v) is 6.50. The Morgan fingerprint density at radius 3 is 2.50 bits per heavy atom. The molecule has 3 heteroatoms. The Morgan fingerprint density at radius 1 is 1.70 bits per heavy atom. The van der Waals surface area contributed by atoms with E-state index in [-0.39, 0.29) is 18.3 Å². The van der Waals surface area contributed by atoms with Crippen LogP contribution in [0.5, 0.6) is 0 Å². The molecule has 0 spiro atoms. The number of aliphatic hydroxyl groups excluding tert-OH is 1. The van der Waals surface area contributed by atoms with Crippen LogP contribution in [0.15, 0.2) is 0 Å². The minimum atomic E-state index is -0.685. The van der Waals surface area contributed by atoms with Crippen LogP contribution in [0.4, 0.5) is 0 Å². The maximum Gasteiger partial charge on any atom is 0.154 e. The number of rotatable bonds is 4. The first-order valence-electron chi connectivity index (χ1n) is 3.53. The summed E-state index contributed by atoms with van der Waals surface area (Å²) in [5, 5.41) is 8.50. The maximum atomic E-state index is 11.0. The van der Waals surface area contributed by atoms with Gasteiger partial charge in [0.1, 0.15) is 0 Å². The zero-order chi connectivity index (χ0) is 8.15. The first-order valence-corrected chi connectivity index (χ1v) is 3.53. The van der Waals surface area contributed by atoms with E-state index in [1.807, 2.05) is 13.8 Å². The van der Waals surface area contributed by atoms with Crippen molar-refractivity contribution in [3.05, 3.63) is 0 Å². The number of Topliss-reactive ketones (excluding diaryl/α,β-unsaturated/α-hetero) is 1. The highest BCUT2D eigenvalue weighted by Crippen LogP contribution is 2.03. The minimum Gasteiger partial charge on any atom is -0.394 e. The van der Waals surface area contributed by atoms with Crippen LogP contribution in [0.25, 0.3) is 0 Å². The third-order valence-electron chi connectivity index (χ3n) is 1.66. The van der Waals surface area contributed by atoms with Crippen molar-refractivity contribution in [1.82, 2.24) is 0 Å². The van der Waals surface area contributed by atoms with Crippen molar-refractivity contribution >= 4 is 5.78 Å². The highest BCUT2D eigenvalue weighted by atomic mass is 16.3. The molecule has 2 atom stereocenters. The van der Waals surface area contributed by atoms with Gasteiger partial charge in [-0.05, 0) is 6.42 Å². The number of ketones is 1. The van der Waals surface area contributed by atoms with Gasteiger partial charge in [0, 0.05) is 5.92 Å². The molecule has 3 N–H and O–H groups in total. The Labute approximate surface area is 61.2 Å². The molecule has 0 aliphatic carbocycles. The molecule has 3 nitrogen and oxygen atoms in total. The first-order chi connectivity index (χ1) is 4.63. The predicted octanol–water partition coefficient (Wildman–Crippen LogP) is -0.0788. The standard InChI is InChI=1S/C7H15NO2/c1-3-5(2)7(10)6(8)4-9/h5-6,9H,3-4,8H2,1-2H3/t5-,6+/m1/s1. The summed E-state index contributed by atoms with van der Waals surface area (Å²) in [6, 6.07) is -0.685. The van der Waals surface area contributed by atoms with Gasteiger partial charge >= 0.3 is 0 Å². The van der Waals surface area contributed by atoms with Gasteiger partial charge in [-0.25, -0.2) is 0 Å². The molecular weight excluding hydrogens is 130 g/mol. The summed E-state index contributed by atoms with van der Waals surface area (Å²) in [7, 11) is 0. The fourth-order valence-corrected chi connectivity index (χ4v) is 0.657. The molecule has 0 aliphatic rings. The van der Waals surface area contributed by atoms with Crippen molar-refractivity contribution in [1.29, 1.82) is 0 Å². The van der Waals surface area contributed by atoms with Crippen LogP contribution in [-0.2, 0) is 4.79 Å². The summed E-state index contributed by atoms with van der Waals surface area (Å²) in [5.41, 5.74) is 5.29. The summed E-state index contributed by atoms with van der Waals surface area (Å²) in [6.45, 7) is 3.49. The van der Waals surface area contributed by atoms with E-state index in [1.54, 1.807) is 0 Å². The smallest absolute Gasteiger partial charge is 0.154 e. The van der Waals surface area contributed by atoms with E-state index in [2.05, 4.69) is 0 Å². The van der Waals surface area contributed by atoms with E-state index >= 15 is 0 Å². The second kappa shape index (κ2) is 4.41. The predicted molar refractivity (Wildman–Crippen MR) is 39.5 cm³/mol. The third-order valence-corrected chi connectivity index (χ3v) is 1.66. The lowest BCUT2D eigenvalue weighted by atomic mass is 9.99. The largest absolute Gasteiger partial charge is 0.394 e. The van der Waals surface area contributed by atoms with Crippen LogP contribution in [-0.4, -0.2) is 23.5 Å². The quantitative estimate of drug-likeness (QED) is 0.581. The number of nitrogens with two attached hydrogens (primary N) is 1. The molecule has 0 amide bonds. The number of hydrogen-bond acceptors (Lipinski definition) is 3. The number of carbonyl (C=O) groups excluding carboxylic acids is 1. The fraction of sp³-hybridized carbons (Fsp3) is 0.857. The minimum absolute atomic E-state index is 0.0258. The Morgan fingerprint density at radius 2 is 2.20 bits per heavy atom. The third kappa shape index (κ3) is 2.45. The lowest BCUT2D eigenvalue weighted by molar-refractivity contribution is -0.124. The van der Waals surface area contributed by atoms with Gasteiger partial charge in [-0.3, -0.25) is 4.79 Å². The highest BCUT2D eigenvalue weighted by molar-refractivity contribution is 5.85. The SMILES string of the molecule is CC[C@@H](C)C(=O)[C@@H](N)CO. The summed E-state index contributed by atoms with van der Waals surface area (Å²) in [6.07, 6.45) is 0.784. The normalized spacial score (nSPS) is 16.4. The average Bonchev–Trinajstić information content (AvgIpc) is 2.00. The van der Waals surface area contributed by atoms with Crippen LogP contribution in [0.2, 0.25) is 0 Å². The second-order valence-corrected chi connectivity index (χ2v) is 2.50. The second-order valence-electron chi connectivity index (χ2n) is 2.50. The summed E-state index contributed by atoms with van der Waals surface area (Å²) in [5.74, 6) is -0.0767. The highest BCUT2D eigenvalue weighted by Gasteiger charge is 2.17. The van der Waals surface area contributed by atoms with E-state index in [0.717, 1.165) is 6.42 Å². The first kappa shape index (κ1) is 9.59. The van der Waals surface area contributed by atoms with Gasteiger partial charge in [-0.1, -0.05) is 13.8 Å². The maximum absolute atomic E-state index is 11.0. The molecule has 10 heavy (non-hydrogen) atoms. The molecule has 0 bridgehead atoms. The van der Waals surface area contributed by atoms with Crippen LogP contribution in [0.1, 0.15) is 20.3 Å². The Bertz CT molecular complexity index is 102. The molecule has 60 valence electrons. The number of aliphatic hydroxyl groups is 1. The van der Waals surface area contributed by atoms with Crippen LogP contribution < -0.4 is 5.73 Å². The molecule has 0 aromatic rings. The molecule has 0 aliphatic heterocycles. The lowest BCUT2D eigenvalue weighted by Crippen LogP contribution is -2.37. The van der Waals surface area contributed by atoms with Gasteiger partial charge in [0.05, 0.1) is 12.6 Å². The van der Waals surface area contributed by atoms with Crippen molar-refractivity contribution in [3.63, 3.8) is 0 Å². The van der Waals surface area contributed by atoms with Gasteiger partial charge in [0.15, 0.2) is 5.78 Å². The molecule has 0 aromatic heterocycles. The molecule has 0 fully saturated rings. The molecular formula is C7H15NO2. The molecule has 0 saturated carbocycles. The van der Waals surface area contributed by atoms with E-state index < -0.39 is 6.04 Å². The van der Waals surface area contributed by atoms with Gasteiger partial charge in [0.25, 0.3) is 0 Å². The molecule has 0 heterocycles. The molecule has 0 radical (unpaired) electrons. The van der Waals surface area contributed by atoms with E-state index in [1.165, 1.54) is 0 Å². The van der Waals surface area contributed by atoms with E-state index in [9.17, 15) is 4.79 Å². The molecule has 0 unspecified atom stereocenters.